The summed E-state index contributed by atoms with van der Waals surface area (Å²) in [5.74, 6) is -1.99. The predicted molar refractivity (Wildman–Crippen MR) is 54.5 cm³/mol. The van der Waals surface area contributed by atoms with Gasteiger partial charge in [0.1, 0.15) is 6.29 Å². The topological polar surface area (TPSA) is 46.2 Å². The molecule has 1 aromatic rings. The number of alkyl halides is 3. The van der Waals surface area contributed by atoms with Crippen molar-refractivity contribution < 1.29 is 22.8 Å². The summed E-state index contributed by atoms with van der Waals surface area (Å²) < 4.78 is 35.7. The maximum atomic E-state index is 11.9. The number of hydrogen-bond donors (Lipinski definition) is 1. The molecule has 17 heavy (non-hydrogen) atoms. The molecule has 1 aromatic carbocycles. The molecule has 0 atom stereocenters. The van der Waals surface area contributed by atoms with Crippen molar-refractivity contribution in [1.29, 1.82) is 0 Å². The van der Waals surface area contributed by atoms with Gasteiger partial charge in [0.15, 0.2) is 0 Å². The summed E-state index contributed by atoms with van der Waals surface area (Å²) in [6.07, 6.45) is -4.28. The molecule has 0 unspecified atom stereocenters. The molecule has 0 aliphatic heterocycles. The number of halogens is 3. The summed E-state index contributed by atoms with van der Waals surface area (Å²) >= 11 is 0. The molecule has 3 nitrogen and oxygen atoms in total. The minimum absolute atomic E-state index is 0.264. The quantitative estimate of drug-likeness (QED) is 0.828. The van der Waals surface area contributed by atoms with Gasteiger partial charge in [-0.1, -0.05) is 12.1 Å². The SMILES string of the molecule is Cc1ccc(CNC(=O)C(F)(F)F)cc1C=O. The number of amides is 1. The van der Waals surface area contributed by atoms with Crippen LogP contribution >= 0.6 is 0 Å². The van der Waals surface area contributed by atoms with E-state index in [4.69, 9.17) is 0 Å². The van der Waals surface area contributed by atoms with Gasteiger partial charge >= 0.3 is 12.1 Å². The number of nitrogens with one attached hydrogen (secondary N) is 1. The van der Waals surface area contributed by atoms with Crippen molar-refractivity contribution in [2.75, 3.05) is 0 Å². The number of hydrogen-bond acceptors (Lipinski definition) is 2. The van der Waals surface area contributed by atoms with Crippen LogP contribution in [0.5, 0.6) is 0 Å². The van der Waals surface area contributed by atoms with Gasteiger partial charge in [0, 0.05) is 12.1 Å². The highest BCUT2D eigenvalue weighted by Gasteiger charge is 2.38. The molecule has 0 saturated heterocycles. The van der Waals surface area contributed by atoms with Crippen molar-refractivity contribution >= 4 is 12.2 Å². The summed E-state index contributed by atoms with van der Waals surface area (Å²) in [5.41, 5.74) is 1.56. The Bertz CT molecular complexity index is 441. The molecule has 0 aliphatic carbocycles. The van der Waals surface area contributed by atoms with Crippen LogP contribution in [0.3, 0.4) is 0 Å². The van der Waals surface area contributed by atoms with Crippen LogP contribution in [0.4, 0.5) is 13.2 Å². The van der Waals surface area contributed by atoms with E-state index in [0.29, 0.717) is 17.4 Å². The zero-order valence-corrected chi connectivity index (χ0v) is 8.97. The second kappa shape index (κ2) is 4.99. The number of carbonyl (C=O) groups is 2. The smallest absolute Gasteiger partial charge is 0.344 e. The highest BCUT2D eigenvalue weighted by atomic mass is 19.4. The first-order valence-electron chi connectivity index (χ1n) is 4.74. The Hall–Kier alpha value is -1.85. The minimum atomic E-state index is -4.89. The zero-order chi connectivity index (χ0) is 13.1. The molecule has 0 aliphatic rings. The molecule has 0 saturated carbocycles. The molecular weight excluding hydrogens is 235 g/mol. The Labute approximate surface area is 95.6 Å². The van der Waals surface area contributed by atoms with Crippen LogP contribution in [0.1, 0.15) is 21.5 Å². The first-order valence-corrected chi connectivity index (χ1v) is 4.74. The van der Waals surface area contributed by atoms with Crippen molar-refractivity contribution in [1.82, 2.24) is 5.32 Å². The van der Waals surface area contributed by atoms with E-state index in [9.17, 15) is 22.8 Å². The lowest BCUT2D eigenvalue weighted by Crippen LogP contribution is -2.36. The molecule has 1 N–H and O–H groups in total. The zero-order valence-electron chi connectivity index (χ0n) is 8.97. The van der Waals surface area contributed by atoms with Crippen molar-refractivity contribution in [3.63, 3.8) is 0 Å². The summed E-state index contributed by atoms with van der Waals surface area (Å²) in [6, 6.07) is 4.61. The Morgan fingerprint density at radius 3 is 2.59 bits per heavy atom. The van der Waals surface area contributed by atoms with Crippen LogP contribution in [-0.4, -0.2) is 18.4 Å². The Morgan fingerprint density at radius 2 is 2.06 bits per heavy atom. The maximum Gasteiger partial charge on any atom is 0.471 e. The van der Waals surface area contributed by atoms with Crippen molar-refractivity contribution in [3.8, 4) is 0 Å². The first-order chi connectivity index (χ1) is 7.84. The van der Waals surface area contributed by atoms with E-state index in [2.05, 4.69) is 0 Å². The molecule has 0 aromatic heterocycles. The fraction of sp³-hybridized carbons (Fsp3) is 0.273. The van der Waals surface area contributed by atoms with E-state index in [-0.39, 0.29) is 6.54 Å². The standard InChI is InChI=1S/C11H10F3NO2/c1-7-2-3-8(4-9(7)6-16)5-15-10(17)11(12,13)14/h2-4,6H,5H2,1H3,(H,15,17). The highest BCUT2D eigenvalue weighted by molar-refractivity contribution is 5.81. The summed E-state index contributed by atoms with van der Waals surface area (Å²) in [5, 5.41) is 1.73. The number of carbonyl (C=O) groups excluding carboxylic acids is 2. The molecule has 6 heteroatoms. The van der Waals surface area contributed by atoms with Gasteiger partial charge < -0.3 is 5.32 Å². The van der Waals surface area contributed by atoms with Gasteiger partial charge in [-0.2, -0.15) is 13.2 Å². The molecule has 1 amide bonds. The largest absolute Gasteiger partial charge is 0.471 e. The fourth-order valence-electron chi connectivity index (χ4n) is 1.21. The number of benzene rings is 1. The molecule has 0 heterocycles. The van der Waals surface area contributed by atoms with Crippen LogP contribution in [0.25, 0.3) is 0 Å². The van der Waals surface area contributed by atoms with E-state index in [0.717, 1.165) is 5.56 Å². The lowest BCUT2D eigenvalue weighted by Gasteiger charge is -2.08. The number of rotatable bonds is 3. The van der Waals surface area contributed by atoms with Crippen molar-refractivity contribution in [3.05, 3.63) is 34.9 Å². The van der Waals surface area contributed by atoms with Crippen LogP contribution in [0.15, 0.2) is 18.2 Å². The average Bonchev–Trinajstić information content (AvgIpc) is 2.26. The molecular formula is C11H10F3NO2. The van der Waals surface area contributed by atoms with Crippen LogP contribution < -0.4 is 5.32 Å². The molecule has 1 rings (SSSR count). The van der Waals surface area contributed by atoms with E-state index in [1.54, 1.807) is 24.4 Å². The monoisotopic (exact) mass is 245 g/mol. The van der Waals surface area contributed by atoms with Crippen LogP contribution in [0.2, 0.25) is 0 Å². The van der Waals surface area contributed by atoms with Crippen molar-refractivity contribution in [2.45, 2.75) is 19.6 Å². The van der Waals surface area contributed by atoms with E-state index in [1.165, 1.54) is 6.07 Å². The number of aryl methyl sites for hydroxylation is 1. The Kier molecular flexibility index (Phi) is 3.88. The summed E-state index contributed by atoms with van der Waals surface area (Å²) in [6.45, 7) is 1.45. The lowest BCUT2D eigenvalue weighted by atomic mass is 10.1. The van der Waals surface area contributed by atoms with Gasteiger partial charge in [-0.05, 0) is 24.1 Å². The lowest BCUT2D eigenvalue weighted by molar-refractivity contribution is -0.173. The fourth-order valence-corrected chi connectivity index (χ4v) is 1.21. The van der Waals surface area contributed by atoms with Gasteiger partial charge in [-0.15, -0.1) is 0 Å². The van der Waals surface area contributed by atoms with Crippen LogP contribution in [0, 0.1) is 6.92 Å². The molecule has 0 spiro atoms. The molecule has 92 valence electrons. The van der Waals surface area contributed by atoms with E-state index < -0.39 is 12.1 Å². The first kappa shape index (κ1) is 13.2. The van der Waals surface area contributed by atoms with Gasteiger partial charge in [-0.3, -0.25) is 9.59 Å². The van der Waals surface area contributed by atoms with Gasteiger partial charge in [0.05, 0.1) is 0 Å². The third-order valence-corrected chi connectivity index (χ3v) is 2.18. The molecule has 0 bridgehead atoms. The summed E-state index contributed by atoms with van der Waals surface area (Å²) in [4.78, 5) is 21.2. The third kappa shape index (κ3) is 3.58. The third-order valence-electron chi connectivity index (χ3n) is 2.18. The van der Waals surface area contributed by atoms with Gasteiger partial charge in [0.2, 0.25) is 0 Å². The molecule has 0 radical (unpaired) electrons. The second-order valence-electron chi connectivity index (χ2n) is 3.49. The number of aldehydes is 1. The van der Waals surface area contributed by atoms with Crippen LogP contribution in [-0.2, 0) is 11.3 Å². The maximum absolute atomic E-state index is 11.9. The Balaban J connectivity index is 2.71. The predicted octanol–water partition coefficient (Wildman–Crippen LogP) is 1.99. The minimum Gasteiger partial charge on any atom is -0.344 e. The summed E-state index contributed by atoms with van der Waals surface area (Å²) in [7, 11) is 0. The normalized spacial score (nSPS) is 11.1. The average molecular weight is 245 g/mol. The van der Waals surface area contributed by atoms with E-state index >= 15 is 0 Å². The Morgan fingerprint density at radius 1 is 1.41 bits per heavy atom. The van der Waals surface area contributed by atoms with Crippen molar-refractivity contribution in [2.24, 2.45) is 0 Å². The van der Waals surface area contributed by atoms with Gasteiger partial charge in [-0.25, -0.2) is 0 Å². The second-order valence-corrected chi connectivity index (χ2v) is 3.49. The van der Waals surface area contributed by atoms with Gasteiger partial charge in [0.25, 0.3) is 0 Å². The highest BCUT2D eigenvalue weighted by Crippen LogP contribution is 2.15. The van der Waals surface area contributed by atoms with E-state index in [1.807, 2.05) is 0 Å². The molecule has 0 fully saturated rings.